The number of hydrogen-bond acceptors (Lipinski definition) is 6. The Morgan fingerprint density at radius 3 is 2.92 bits per heavy atom. The highest BCUT2D eigenvalue weighted by molar-refractivity contribution is 8.01. The number of aromatic nitrogens is 2. The second kappa shape index (κ2) is 8.13. The molecule has 5 nitrogen and oxygen atoms in total. The van der Waals surface area contributed by atoms with Crippen molar-refractivity contribution in [3.63, 3.8) is 0 Å². The summed E-state index contributed by atoms with van der Waals surface area (Å²) in [6, 6.07) is 13.8. The van der Waals surface area contributed by atoms with E-state index >= 15 is 0 Å². The number of ether oxygens (including phenoxy) is 1. The first kappa shape index (κ1) is 17.4. The van der Waals surface area contributed by atoms with E-state index in [-0.39, 0.29) is 5.91 Å². The fraction of sp³-hybridized carbons (Fsp3) is 0.167. The summed E-state index contributed by atoms with van der Waals surface area (Å²) in [5.41, 5.74) is 0. The van der Waals surface area contributed by atoms with E-state index in [0.717, 1.165) is 20.9 Å². The monoisotopic (exact) mass is 371 g/mol. The fourth-order valence-corrected chi connectivity index (χ4v) is 3.67. The van der Waals surface area contributed by atoms with Gasteiger partial charge in [0, 0.05) is 5.75 Å². The zero-order valence-corrected chi connectivity index (χ0v) is 15.3. The van der Waals surface area contributed by atoms with Crippen LogP contribution in [0, 0.1) is 0 Å². The van der Waals surface area contributed by atoms with E-state index in [1.165, 1.54) is 23.1 Å². The molecule has 128 valence electrons. The van der Waals surface area contributed by atoms with Crippen LogP contribution in [0.4, 0.5) is 5.13 Å². The Kier molecular flexibility index (Phi) is 5.67. The van der Waals surface area contributed by atoms with Crippen molar-refractivity contribution < 1.29 is 9.53 Å². The Labute approximate surface area is 154 Å². The second-order valence-electron chi connectivity index (χ2n) is 5.23. The van der Waals surface area contributed by atoms with Gasteiger partial charge in [0.1, 0.15) is 5.75 Å². The summed E-state index contributed by atoms with van der Waals surface area (Å²) in [5, 5.41) is 13.4. The van der Waals surface area contributed by atoms with Crippen molar-refractivity contribution in [3.05, 3.63) is 55.1 Å². The molecule has 0 fully saturated rings. The molecule has 0 unspecified atom stereocenters. The fourth-order valence-electron chi connectivity index (χ4n) is 2.15. The molecular formula is C18H17N3O2S2. The normalized spacial score (nSPS) is 11.9. The number of carbonyl (C=O) groups is 1. The van der Waals surface area contributed by atoms with E-state index in [1.807, 2.05) is 42.5 Å². The quantitative estimate of drug-likeness (QED) is 0.379. The summed E-state index contributed by atoms with van der Waals surface area (Å²) in [6.45, 7) is 5.37. The average molecular weight is 371 g/mol. The summed E-state index contributed by atoms with van der Waals surface area (Å²) in [5.74, 6) is 1.15. The van der Waals surface area contributed by atoms with Gasteiger partial charge in [0.15, 0.2) is 10.4 Å². The molecule has 0 aliphatic rings. The molecule has 0 aliphatic heterocycles. The molecule has 1 N–H and O–H groups in total. The van der Waals surface area contributed by atoms with Gasteiger partial charge >= 0.3 is 0 Å². The Morgan fingerprint density at radius 1 is 1.32 bits per heavy atom. The van der Waals surface area contributed by atoms with Crippen molar-refractivity contribution in [3.8, 4) is 5.75 Å². The van der Waals surface area contributed by atoms with Gasteiger partial charge in [-0.3, -0.25) is 10.1 Å². The van der Waals surface area contributed by atoms with Gasteiger partial charge in [-0.1, -0.05) is 59.5 Å². The number of thioether (sulfide) groups is 1. The minimum atomic E-state index is -0.644. The maximum absolute atomic E-state index is 12.3. The SMILES string of the molecule is C=CCSc1nnc(NC(=O)[C@@H](C)Oc2ccc3ccccc3c2)s1. The Morgan fingerprint density at radius 2 is 2.12 bits per heavy atom. The molecule has 0 aliphatic carbocycles. The van der Waals surface area contributed by atoms with Crippen LogP contribution in [-0.2, 0) is 4.79 Å². The standard InChI is InChI=1S/C18H17N3O2S2/c1-3-10-24-18-21-20-17(25-18)19-16(22)12(2)23-15-9-8-13-6-4-5-7-14(13)11-15/h3-9,11-12H,1,10H2,2H3,(H,19,20,22)/t12-/m1/s1. The molecule has 7 heteroatoms. The predicted octanol–water partition coefficient (Wildman–Crippen LogP) is 4.38. The van der Waals surface area contributed by atoms with Gasteiger partial charge in [-0.25, -0.2) is 0 Å². The second-order valence-corrected chi connectivity index (χ2v) is 7.48. The highest BCUT2D eigenvalue weighted by atomic mass is 32.2. The van der Waals surface area contributed by atoms with E-state index in [0.29, 0.717) is 10.9 Å². The smallest absolute Gasteiger partial charge is 0.266 e. The molecule has 0 saturated heterocycles. The summed E-state index contributed by atoms with van der Waals surface area (Å²) in [6.07, 6.45) is 1.15. The van der Waals surface area contributed by atoms with Crippen LogP contribution in [0.1, 0.15) is 6.92 Å². The molecule has 25 heavy (non-hydrogen) atoms. The molecule has 0 radical (unpaired) electrons. The van der Waals surface area contributed by atoms with Crippen LogP contribution in [0.15, 0.2) is 59.5 Å². The van der Waals surface area contributed by atoms with Gasteiger partial charge in [0.25, 0.3) is 5.91 Å². The van der Waals surface area contributed by atoms with E-state index in [1.54, 1.807) is 13.0 Å². The summed E-state index contributed by atoms with van der Waals surface area (Å²) < 4.78 is 6.54. The van der Waals surface area contributed by atoms with Crippen molar-refractivity contribution in [1.82, 2.24) is 10.2 Å². The minimum absolute atomic E-state index is 0.260. The lowest BCUT2D eigenvalue weighted by atomic mass is 10.1. The molecule has 1 amide bonds. The number of rotatable bonds is 7. The van der Waals surface area contributed by atoms with Crippen LogP contribution in [0.25, 0.3) is 10.8 Å². The molecule has 0 bridgehead atoms. The maximum Gasteiger partial charge on any atom is 0.266 e. The highest BCUT2D eigenvalue weighted by Crippen LogP contribution is 2.26. The lowest BCUT2D eigenvalue weighted by Crippen LogP contribution is -2.30. The third-order valence-corrected chi connectivity index (χ3v) is 5.33. The molecular weight excluding hydrogens is 354 g/mol. The Balaban J connectivity index is 1.61. The number of nitrogens with one attached hydrogen (secondary N) is 1. The van der Waals surface area contributed by atoms with Crippen LogP contribution >= 0.6 is 23.1 Å². The molecule has 1 aromatic heterocycles. The Bertz CT molecular complexity index is 895. The molecule has 3 rings (SSSR count). The van der Waals surface area contributed by atoms with Crippen LogP contribution < -0.4 is 10.1 Å². The molecule has 2 aromatic carbocycles. The van der Waals surface area contributed by atoms with E-state index in [9.17, 15) is 4.79 Å². The third-order valence-electron chi connectivity index (χ3n) is 3.36. The van der Waals surface area contributed by atoms with Gasteiger partial charge in [-0.15, -0.1) is 16.8 Å². The van der Waals surface area contributed by atoms with E-state index < -0.39 is 6.10 Å². The summed E-state index contributed by atoms with van der Waals surface area (Å²) in [7, 11) is 0. The number of nitrogens with zero attached hydrogens (tertiary/aromatic N) is 2. The van der Waals surface area contributed by atoms with Gasteiger partial charge < -0.3 is 4.74 Å². The number of carbonyl (C=O) groups excluding carboxylic acids is 1. The first-order valence-corrected chi connectivity index (χ1v) is 9.49. The lowest BCUT2D eigenvalue weighted by Gasteiger charge is -2.14. The van der Waals surface area contributed by atoms with Gasteiger partial charge in [0.2, 0.25) is 5.13 Å². The van der Waals surface area contributed by atoms with Gasteiger partial charge in [-0.05, 0) is 29.8 Å². The largest absolute Gasteiger partial charge is 0.481 e. The molecule has 1 heterocycles. The topological polar surface area (TPSA) is 64.1 Å². The lowest BCUT2D eigenvalue weighted by molar-refractivity contribution is -0.122. The first-order chi connectivity index (χ1) is 12.2. The molecule has 1 atom stereocenters. The molecule has 3 aromatic rings. The van der Waals surface area contributed by atoms with Crippen molar-refractivity contribution in [1.29, 1.82) is 0 Å². The summed E-state index contributed by atoms with van der Waals surface area (Å²) >= 11 is 2.86. The van der Waals surface area contributed by atoms with Crippen LogP contribution in [-0.4, -0.2) is 28.0 Å². The van der Waals surface area contributed by atoms with Crippen molar-refractivity contribution in [2.24, 2.45) is 0 Å². The van der Waals surface area contributed by atoms with Crippen LogP contribution in [0.3, 0.4) is 0 Å². The Hall–Kier alpha value is -2.38. The van der Waals surface area contributed by atoms with Gasteiger partial charge in [0.05, 0.1) is 0 Å². The van der Waals surface area contributed by atoms with Crippen molar-refractivity contribution in [2.75, 3.05) is 11.1 Å². The third kappa shape index (κ3) is 4.58. The number of fused-ring (bicyclic) bond motifs is 1. The zero-order chi connectivity index (χ0) is 17.6. The number of hydrogen-bond donors (Lipinski definition) is 1. The molecule has 0 saturated carbocycles. The number of anilines is 1. The predicted molar refractivity (Wildman–Crippen MR) is 103 cm³/mol. The average Bonchev–Trinajstić information content (AvgIpc) is 3.07. The van der Waals surface area contributed by atoms with Crippen molar-refractivity contribution >= 4 is 44.9 Å². The maximum atomic E-state index is 12.3. The van der Waals surface area contributed by atoms with Crippen LogP contribution in [0.2, 0.25) is 0 Å². The highest BCUT2D eigenvalue weighted by Gasteiger charge is 2.17. The van der Waals surface area contributed by atoms with Crippen LogP contribution in [0.5, 0.6) is 5.75 Å². The summed E-state index contributed by atoms with van der Waals surface area (Å²) in [4.78, 5) is 12.3. The van der Waals surface area contributed by atoms with E-state index in [4.69, 9.17) is 4.74 Å². The minimum Gasteiger partial charge on any atom is -0.481 e. The zero-order valence-electron chi connectivity index (χ0n) is 13.6. The van der Waals surface area contributed by atoms with E-state index in [2.05, 4.69) is 22.1 Å². The first-order valence-electron chi connectivity index (χ1n) is 7.69. The number of benzene rings is 2. The van der Waals surface area contributed by atoms with Gasteiger partial charge in [-0.2, -0.15) is 0 Å². The van der Waals surface area contributed by atoms with Crippen molar-refractivity contribution in [2.45, 2.75) is 17.4 Å². The number of amides is 1. The molecule has 0 spiro atoms.